The third kappa shape index (κ3) is 5.06. The van der Waals surface area contributed by atoms with Crippen LogP contribution in [0.15, 0.2) is 40.8 Å². The van der Waals surface area contributed by atoms with E-state index in [9.17, 15) is 4.79 Å². The fourth-order valence-corrected chi connectivity index (χ4v) is 1.85. The van der Waals surface area contributed by atoms with Crippen LogP contribution >= 0.6 is 0 Å². The molecule has 0 aliphatic carbocycles. The number of nitrogens with one attached hydrogen (secondary N) is 1. The van der Waals surface area contributed by atoms with Crippen molar-refractivity contribution in [1.82, 2.24) is 5.32 Å². The van der Waals surface area contributed by atoms with Gasteiger partial charge in [-0.25, -0.2) is 0 Å². The summed E-state index contributed by atoms with van der Waals surface area (Å²) in [6.45, 7) is 1.41. The normalized spacial score (nSPS) is 11.3. The van der Waals surface area contributed by atoms with Crippen molar-refractivity contribution in [2.75, 3.05) is 26.4 Å². The van der Waals surface area contributed by atoms with Crippen molar-refractivity contribution in [2.45, 2.75) is 6.42 Å². The van der Waals surface area contributed by atoms with E-state index in [0.29, 0.717) is 31.9 Å². The number of aliphatic hydroxyl groups excluding tert-OH is 1. The van der Waals surface area contributed by atoms with E-state index in [1.54, 1.807) is 6.08 Å². The first-order valence-electron chi connectivity index (χ1n) is 6.92. The van der Waals surface area contributed by atoms with E-state index >= 15 is 0 Å². The molecule has 5 nitrogen and oxygen atoms in total. The Morgan fingerprint density at radius 3 is 3.00 bits per heavy atom. The summed E-state index contributed by atoms with van der Waals surface area (Å²) in [4.78, 5) is 11.6. The maximum absolute atomic E-state index is 11.6. The molecule has 0 spiro atoms. The minimum atomic E-state index is -0.169. The van der Waals surface area contributed by atoms with Gasteiger partial charge in [-0.2, -0.15) is 0 Å². The summed E-state index contributed by atoms with van der Waals surface area (Å²) in [7, 11) is 0. The molecule has 5 heteroatoms. The van der Waals surface area contributed by atoms with Gasteiger partial charge in [0, 0.05) is 24.6 Å². The van der Waals surface area contributed by atoms with Gasteiger partial charge in [0.05, 0.1) is 13.2 Å². The van der Waals surface area contributed by atoms with E-state index in [2.05, 4.69) is 5.32 Å². The summed E-state index contributed by atoms with van der Waals surface area (Å²) in [5, 5.41) is 12.3. The highest BCUT2D eigenvalue weighted by molar-refractivity contribution is 5.92. The lowest BCUT2D eigenvalue weighted by Gasteiger charge is -2.02. The molecule has 1 heterocycles. The van der Waals surface area contributed by atoms with Crippen molar-refractivity contribution in [1.29, 1.82) is 0 Å². The topological polar surface area (TPSA) is 71.7 Å². The third-order valence-corrected chi connectivity index (χ3v) is 2.84. The first-order chi connectivity index (χ1) is 10.3. The van der Waals surface area contributed by atoms with E-state index < -0.39 is 0 Å². The highest BCUT2D eigenvalue weighted by Gasteiger charge is 2.00. The van der Waals surface area contributed by atoms with Gasteiger partial charge >= 0.3 is 0 Å². The predicted octanol–water partition coefficient (Wildman–Crippen LogP) is 1.96. The van der Waals surface area contributed by atoms with Crippen LogP contribution in [0, 0.1) is 0 Å². The second-order valence-electron chi connectivity index (χ2n) is 4.50. The number of carbonyl (C=O) groups excluding carboxylic acids is 1. The Bertz CT molecular complexity index is 570. The molecule has 0 saturated carbocycles. The molecule has 0 aliphatic heterocycles. The number of hydrogen-bond acceptors (Lipinski definition) is 4. The summed E-state index contributed by atoms with van der Waals surface area (Å²) in [5.41, 5.74) is 0.804. The maximum atomic E-state index is 11.6. The monoisotopic (exact) mass is 289 g/mol. The van der Waals surface area contributed by atoms with E-state index in [1.165, 1.54) is 6.08 Å². The summed E-state index contributed by atoms with van der Waals surface area (Å²) in [6.07, 6.45) is 3.81. The first kappa shape index (κ1) is 15.3. The zero-order valence-corrected chi connectivity index (χ0v) is 11.7. The number of fused-ring (bicyclic) bond motifs is 1. The number of amides is 1. The Balaban J connectivity index is 1.74. The molecule has 0 atom stereocenters. The van der Waals surface area contributed by atoms with Crippen LogP contribution in [0.3, 0.4) is 0 Å². The van der Waals surface area contributed by atoms with E-state index in [0.717, 1.165) is 11.0 Å². The van der Waals surface area contributed by atoms with Crippen LogP contribution in [-0.4, -0.2) is 37.4 Å². The Kier molecular flexibility index (Phi) is 5.99. The number of rotatable bonds is 8. The number of furan rings is 1. The molecule has 2 N–H and O–H groups in total. The third-order valence-electron chi connectivity index (χ3n) is 2.84. The molecule has 0 radical (unpaired) electrons. The highest BCUT2D eigenvalue weighted by Crippen LogP contribution is 2.19. The van der Waals surface area contributed by atoms with Gasteiger partial charge in [-0.3, -0.25) is 4.79 Å². The molecule has 1 aromatic carbocycles. The SMILES string of the molecule is O=C(/C=C/c1cc2ccccc2o1)NCCCOCCO. The molecular formula is C16H19NO4. The van der Waals surface area contributed by atoms with Gasteiger partial charge in [-0.05, 0) is 24.6 Å². The standard InChI is InChI=1S/C16H19NO4/c18-9-11-20-10-3-8-17-16(19)7-6-14-12-13-4-1-2-5-15(13)21-14/h1-2,4-7,12,18H,3,8-11H2,(H,17,19)/b7-6+. The molecule has 0 unspecified atom stereocenters. The van der Waals surface area contributed by atoms with Crippen LogP contribution in [0.2, 0.25) is 0 Å². The molecule has 0 bridgehead atoms. The molecule has 0 fully saturated rings. The summed E-state index contributed by atoms with van der Waals surface area (Å²) in [5.74, 6) is 0.482. The van der Waals surface area contributed by atoms with Gasteiger partial charge in [0.15, 0.2) is 0 Å². The van der Waals surface area contributed by atoms with Crippen molar-refractivity contribution in [3.05, 3.63) is 42.2 Å². The van der Waals surface area contributed by atoms with Crippen molar-refractivity contribution < 1.29 is 19.1 Å². The Morgan fingerprint density at radius 2 is 2.19 bits per heavy atom. The van der Waals surface area contributed by atoms with Gasteiger partial charge < -0.3 is 19.6 Å². The van der Waals surface area contributed by atoms with Gasteiger partial charge in [0.1, 0.15) is 11.3 Å². The van der Waals surface area contributed by atoms with E-state index in [4.69, 9.17) is 14.3 Å². The Hall–Kier alpha value is -2.11. The van der Waals surface area contributed by atoms with Crippen molar-refractivity contribution in [3.8, 4) is 0 Å². The molecule has 1 aromatic heterocycles. The average Bonchev–Trinajstić information content (AvgIpc) is 2.91. The van der Waals surface area contributed by atoms with Gasteiger partial charge in [-0.1, -0.05) is 18.2 Å². The minimum Gasteiger partial charge on any atom is -0.457 e. The largest absolute Gasteiger partial charge is 0.457 e. The molecule has 21 heavy (non-hydrogen) atoms. The molecule has 2 aromatic rings. The number of ether oxygens (including phenoxy) is 1. The Morgan fingerprint density at radius 1 is 1.33 bits per heavy atom. The fraction of sp³-hybridized carbons (Fsp3) is 0.312. The quantitative estimate of drug-likeness (QED) is 0.575. The lowest BCUT2D eigenvalue weighted by atomic mass is 10.2. The van der Waals surface area contributed by atoms with Crippen LogP contribution in [0.1, 0.15) is 12.2 Å². The van der Waals surface area contributed by atoms with E-state index in [-0.39, 0.29) is 12.5 Å². The summed E-state index contributed by atoms with van der Waals surface area (Å²) >= 11 is 0. The number of aliphatic hydroxyl groups is 1. The van der Waals surface area contributed by atoms with Crippen LogP contribution in [0.5, 0.6) is 0 Å². The molecule has 112 valence electrons. The van der Waals surface area contributed by atoms with Crippen LogP contribution in [-0.2, 0) is 9.53 Å². The van der Waals surface area contributed by atoms with Crippen molar-refractivity contribution >= 4 is 23.0 Å². The lowest BCUT2D eigenvalue weighted by Crippen LogP contribution is -2.23. The molecule has 0 saturated heterocycles. The highest BCUT2D eigenvalue weighted by atomic mass is 16.5. The number of para-hydroxylation sites is 1. The number of benzene rings is 1. The van der Waals surface area contributed by atoms with Crippen molar-refractivity contribution in [3.63, 3.8) is 0 Å². The number of carbonyl (C=O) groups is 1. The molecule has 1 amide bonds. The van der Waals surface area contributed by atoms with Crippen molar-refractivity contribution in [2.24, 2.45) is 0 Å². The smallest absolute Gasteiger partial charge is 0.244 e. The summed E-state index contributed by atoms with van der Waals surface area (Å²) < 4.78 is 10.7. The zero-order valence-electron chi connectivity index (χ0n) is 11.7. The molecule has 2 rings (SSSR count). The van der Waals surface area contributed by atoms with Crippen LogP contribution in [0.25, 0.3) is 17.0 Å². The van der Waals surface area contributed by atoms with Gasteiger partial charge in [0.2, 0.25) is 5.91 Å². The van der Waals surface area contributed by atoms with Gasteiger partial charge in [-0.15, -0.1) is 0 Å². The first-order valence-corrected chi connectivity index (χ1v) is 6.92. The minimum absolute atomic E-state index is 0.0204. The Labute approximate surface area is 123 Å². The molecular weight excluding hydrogens is 270 g/mol. The average molecular weight is 289 g/mol. The predicted molar refractivity (Wildman–Crippen MR) is 80.8 cm³/mol. The zero-order chi connectivity index (χ0) is 14.9. The van der Waals surface area contributed by atoms with Crippen LogP contribution < -0.4 is 5.32 Å². The second-order valence-corrected chi connectivity index (χ2v) is 4.50. The second kappa shape index (κ2) is 8.24. The maximum Gasteiger partial charge on any atom is 0.244 e. The number of hydrogen-bond donors (Lipinski definition) is 2. The summed E-state index contributed by atoms with van der Waals surface area (Å²) in [6, 6.07) is 9.59. The van der Waals surface area contributed by atoms with E-state index in [1.807, 2.05) is 30.3 Å². The molecule has 0 aliphatic rings. The van der Waals surface area contributed by atoms with Crippen LogP contribution in [0.4, 0.5) is 0 Å². The lowest BCUT2D eigenvalue weighted by molar-refractivity contribution is -0.116. The van der Waals surface area contributed by atoms with Gasteiger partial charge in [0.25, 0.3) is 0 Å². The fourth-order valence-electron chi connectivity index (χ4n) is 1.85.